The van der Waals surface area contributed by atoms with Crippen molar-refractivity contribution in [1.29, 1.82) is 0 Å². The van der Waals surface area contributed by atoms with Crippen molar-refractivity contribution in [3.8, 4) is 0 Å². The van der Waals surface area contributed by atoms with Crippen LogP contribution in [-0.2, 0) is 4.74 Å². The summed E-state index contributed by atoms with van der Waals surface area (Å²) in [5.41, 5.74) is 0. The highest BCUT2D eigenvalue weighted by atomic mass is 16.5. The second-order valence-corrected chi connectivity index (χ2v) is 5.05. The Morgan fingerprint density at radius 1 is 1.27 bits per heavy atom. The van der Waals surface area contributed by atoms with Crippen LogP contribution in [0.2, 0.25) is 0 Å². The van der Waals surface area contributed by atoms with E-state index in [1.54, 1.807) is 0 Å². The molecular weight excluding hydrogens is 188 g/mol. The minimum absolute atomic E-state index is 0.423. The molecule has 0 aromatic carbocycles. The summed E-state index contributed by atoms with van der Waals surface area (Å²) in [6.45, 7) is 11.8. The third kappa shape index (κ3) is 4.96. The highest BCUT2D eigenvalue weighted by molar-refractivity contribution is 4.77. The second kappa shape index (κ2) is 6.46. The van der Waals surface area contributed by atoms with E-state index in [0.29, 0.717) is 24.1 Å². The lowest BCUT2D eigenvalue weighted by Crippen LogP contribution is -2.42. The van der Waals surface area contributed by atoms with Crippen molar-refractivity contribution >= 4 is 0 Å². The number of hydrogen-bond donors (Lipinski definition) is 2. The number of nitrogens with one attached hydrogen (secondary N) is 2. The zero-order valence-corrected chi connectivity index (χ0v) is 10.5. The van der Waals surface area contributed by atoms with Crippen LogP contribution in [0.1, 0.15) is 34.1 Å². The Balaban J connectivity index is 2.08. The van der Waals surface area contributed by atoms with E-state index >= 15 is 0 Å². The van der Waals surface area contributed by atoms with Crippen LogP contribution in [0.25, 0.3) is 0 Å². The first kappa shape index (κ1) is 12.9. The van der Waals surface area contributed by atoms with Crippen LogP contribution in [0.15, 0.2) is 0 Å². The highest BCUT2D eigenvalue weighted by Gasteiger charge is 2.23. The summed E-state index contributed by atoms with van der Waals surface area (Å²) in [5.74, 6) is 0.711. The summed E-state index contributed by atoms with van der Waals surface area (Å²) in [7, 11) is 0. The van der Waals surface area contributed by atoms with E-state index in [0.717, 1.165) is 19.7 Å². The van der Waals surface area contributed by atoms with Gasteiger partial charge in [-0.3, -0.25) is 0 Å². The molecule has 1 aliphatic heterocycles. The Kier molecular flexibility index (Phi) is 5.58. The van der Waals surface area contributed by atoms with E-state index in [2.05, 4.69) is 38.3 Å². The molecular formula is C12H26N2O. The first-order chi connectivity index (χ1) is 7.09. The van der Waals surface area contributed by atoms with Gasteiger partial charge in [0.1, 0.15) is 0 Å². The van der Waals surface area contributed by atoms with Gasteiger partial charge in [0, 0.05) is 31.8 Å². The minimum atomic E-state index is 0.423. The molecule has 0 spiro atoms. The molecule has 3 nitrogen and oxygen atoms in total. The largest absolute Gasteiger partial charge is 0.377 e. The Bertz CT molecular complexity index is 173. The molecule has 15 heavy (non-hydrogen) atoms. The monoisotopic (exact) mass is 214 g/mol. The molecule has 0 bridgehead atoms. The first-order valence-corrected chi connectivity index (χ1v) is 6.18. The average molecular weight is 214 g/mol. The fraction of sp³-hybridized carbons (Fsp3) is 1.00. The molecule has 0 amide bonds. The van der Waals surface area contributed by atoms with Crippen molar-refractivity contribution in [3.05, 3.63) is 0 Å². The van der Waals surface area contributed by atoms with E-state index < -0.39 is 0 Å². The van der Waals surface area contributed by atoms with Crippen LogP contribution in [0.5, 0.6) is 0 Å². The predicted octanol–water partition coefficient (Wildman–Crippen LogP) is 1.39. The summed E-state index contributed by atoms with van der Waals surface area (Å²) in [4.78, 5) is 0. The maximum absolute atomic E-state index is 5.66. The summed E-state index contributed by atoms with van der Waals surface area (Å²) < 4.78 is 5.66. The first-order valence-electron chi connectivity index (χ1n) is 6.18. The van der Waals surface area contributed by atoms with Gasteiger partial charge in [0.05, 0.1) is 6.10 Å². The molecule has 3 heteroatoms. The van der Waals surface area contributed by atoms with E-state index in [1.807, 2.05) is 0 Å². The van der Waals surface area contributed by atoms with Crippen molar-refractivity contribution in [3.63, 3.8) is 0 Å². The number of ether oxygens (including phenoxy) is 1. The van der Waals surface area contributed by atoms with Crippen LogP contribution in [0.3, 0.4) is 0 Å². The quantitative estimate of drug-likeness (QED) is 0.701. The van der Waals surface area contributed by atoms with Gasteiger partial charge in [0.25, 0.3) is 0 Å². The fourth-order valence-electron chi connectivity index (χ4n) is 1.82. The van der Waals surface area contributed by atoms with Gasteiger partial charge in [-0.25, -0.2) is 0 Å². The molecule has 1 heterocycles. The lowest BCUT2D eigenvalue weighted by atomic mass is 10.0. The summed E-state index contributed by atoms with van der Waals surface area (Å²) >= 11 is 0. The molecule has 0 aromatic heterocycles. The fourth-order valence-corrected chi connectivity index (χ4v) is 1.82. The second-order valence-electron chi connectivity index (χ2n) is 5.05. The predicted molar refractivity (Wildman–Crippen MR) is 64.1 cm³/mol. The van der Waals surface area contributed by atoms with Crippen molar-refractivity contribution in [2.45, 2.75) is 52.3 Å². The van der Waals surface area contributed by atoms with Gasteiger partial charge < -0.3 is 15.4 Å². The van der Waals surface area contributed by atoms with Crippen molar-refractivity contribution < 1.29 is 4.74 Å². The number of rotatable bonds is 6. The van der Waals surface area contributed by atoms with E-state index in [4.69, 9.17) is 4.74 Å². The van der Waals surface area contributed by atoms with Gasteiger partial charge in [0.2, 0.25) is 0 Å². The van der Waals surface area contributed by atoms with Gasteiger partial charge in [-0.05, 0) is 19.3 Å². The van der Waals surface area contributed by atoms with Gasteiger partial charge in [-0.2, -0.15) is 0 Å². The van der Waals surface area contributed by atoms with E-state index in [1.165, 1.54) is 6.42 Å². The maximum Gasteiger partial charge on any atom is 0.0725 e. The normalized spacial score (nSPS) is 28.6. The Hall–Kier alpha value is -0.120. The molecule has 0 radical (unpaired) electrons. The molecule has 1 aliphatic rings. The molecule has 1 rings (SSSR count). The third-order valence-corrected chi connectivity index (χ3v) is 3.04. The molecule has 0 saturated carbocycles. The summed E-state index contributed by atoms with van der Waals surface area (Å²) in [6, 6.07) is 1.08. The zero-order valence-electron chi connectivity index (χ0n) is 10.5. The van der Waals surface area contributed by atoms with E-state index in [9.17, 15) is 0 Å². The Morgan fingerprint density at radius 3 is 2.53 bits per heavy atom. The maximum atomic E-state index is 5.66. The lowest BCUT2D eigenvalue weighted by Gasteiger charge is -2.20. The SMILES string of the molecule is CC(C)NCC(C)NCC1OCCC1C. The Labute approximate surface area is 94.0 Å². The third-order valence-electron chi connectivity index (χ3n) is 3.04. The molecule has 1 saturated heterocycles. The van der Waals surface area contributed by atoms with Gasteiger partial charge in [0.15, 0.2) is 0 Å². The molecule has 90 valence electrons. The molecule has 0 aliphatic carbocycles. The summed E-state index contributed by atoms with van der Waals surface area (Å²) in [6.07, 6.45) is 1.64. The van der Waals surface area contributed by atoms with Crippen LogP contribution in [0, 0.1) is 5.92 Å². The van der Waals surface area contributed by atoms with Crippen molar-refractivity contribution in [2.24, 2.45) is 5.92 Å². The van der Waals surface area contributed by atoms with Gasteiger partial charge in [-0.1, -0.05) is 20.8 Å². The van der Waals surface area contributed by atoms with Crippen LogP contribution < -0.4 is 10.6 Å². The molecule has 3 unspecified atom stereocenters. The lowest BCUT2D eigenvalue weighted by molar-refractivity contribution is 0.0911. The highest BCUT2D eigenvalue weighted by Crippen LogP contribution is 2.19. The topological polar surface area (TPSA) is 33.3 Å². The Morgan fingerprint density at radius 2 is 2.00 bits per heavy atom. The minimum Gasteiger partial charge on any atom is -0.377 e. The standard InChI is InChI=1S/C12H26N2O/c1-9(2)13-7-11(4)14-8-12-10(3)5-6-15-12/h9-14H,5-8H2,1-4H3. The molecule has 1 fully saturated rings. The van der Waals surface area contributed by atoms with Gasteiger partial charge in [-0.15, -0.1) is 0 Å². The van der Waals surface area contributed by atoms with Crippen LogP contribution in [-0.4, -0.2) is 37.9 Å². The number of hydrogen-bond acceptors (Lipinski definition) is 3. The average Bonchev–Trinajstić information content (AvgIpc) is 2.58. The van der Waals surface area contributed by atoms with Crippen molar-refractivity contribution in [2.75, 3.05) is 19.7 Å². The van der Waals surface area contributed by atoms with Crippen molar-refractivity contribution in [1.82, 2.24) is 10.6 Å². The zero-order chi connectivity index (χ0) is 11.3. The molecule has 0 aromatic rings. The van der Waals surface area contributed by atoms with Crippen LogP contribution in [0.4, 0.5) is 0 Å². The van der Waals surface area contributed by atoms with Crippen LogP contribution >= 0.6 is 0 Å². The summed E-state index contributed by atoms with van der Waals surface area (Å²) in [5, 5.41) is 6.95. The van der Waals surface area contributed by atoms with Gasteiger partial charge >= 0.3 is 0 Å². The molecule has 2 N–H and O–H groups in total. The molecule has 3 atom stereocenters. The smallest absolute Gasteiger partial charge is 0.0725 e. The van der Waals surface area contributed by atoms with E-state index in [-0.39, 0.29) is 0 Å².